The minimum atomic E-state index is -0.730. The van der Waals surface area contributed by atoms with E-state index in [0.29, 0.717) is 19.4 Å². The summed E-state index contributed by atoms with van der Waals surface area (Å²) in [5, 5.41) is 15.3. The number of alkyl carbamates (subject to hydrolysis) is 1. The molecule has 0 atom stereocenters. The third-order valence-electron chi connectivity index (χ3n) is 3.39. The number of aliphatic hydroxyl groups is 1. The lowest BCUT2D eigenvalue weighted by Crippen LogP contribution is -2.49. The predicted octanol–water partition coefficient (Wildman–Crippen LogP) is 1.03. The minimum Gasteiger partial charge on any atom is -0.440 e. The molecule has 1 amide bonds. The Balaban J connectivity index is 1.83. The molecule has 1 saturated heterocycles. The van der Waals surface area contributed by atoms with Crippen LogP contribution in [0, 0.1) is 0 Å². The molecule has 1 fully saturated rings. The molecule has 5 heteroatoms. The Hall–Kier alpha value is -1.59. The standard InChI is InChI=1S/C14H20N2O3/c17-11-14(6-8-15-9-7-14)19-13(18)16-10-12-4-2-1-3-5-12/h1-5,15,17H,6-11H2,(H,16,18). The van der Waals surface area contributed by atoms with Crippen LogP contribution < -0.4 is 10.6 Å². The SMILES string of the molecule is O=C(NCc1ccccc1)OC1(CO)CCNCC1. The molecular weight excluding hydrogens is 244 g/mol. The lowest BCUT2D eigenvalue weighted by atomic mass is 9.93. The molecule has 3 N–H and O–H groups in total. The van der Waals surface area contributed by atoms with Crippen LogP contribution in [0.5, 0.6) is 0 Å². The highest BCUT2D eigenvalue weighted by atomic mass is 16.6. The first-order chi connectivity index (χ1) is 9.24. The average molecular weight is 264 g/mol. The number of nitrogens with one attached hydrogen (secondary N) is 2. The van der Waals surface area contributed by atoms with Crippen LogP contribution in [0.25, 0.3) is 0 Å². The van der Waals surface area contributed by atoms with Gasteiger partial charge in [0.1, 0.15) is 5.60 Å². The molecule has 1 heterocycles. The number of rotatable bonds is 4. The van der Waals surface area contributed by atoms with E-state index in [2.05, 4.69) is 10.6 Å². The van der Waals surface area contributed by atoms with Crippen LogP contribution in [0.3, 0.4) is 0 Å². The number of benzene rings is 1. The van der Waals surface area contributed by atoms with Crippen LogP contribution in [-0.4, -0.2) is 36.5 Å². The highest BCUT2D eigenvalue weighted by molar-refractivity contribution is 5.67. The Morgan fingerprint density at radius 3 is 2.63 bits per heavy atom. The fourth-order valence-corrected chi connectivity index (χ4v) is 2.18. The summed E-state index contributed by atoms with van der Waals surface area (Å²) in [4.78, 5) is 11.8. The second kappa shape index (κ2) is 6.54. The first kappa shape index (κ1) is 13.8. The monoisotopic (exact) mass is 264 g/mol. The number of aliphatic hydroxyl groups excluding tert-OH is 1. The Bertz CT molecular complexity index is 402. The number of hydrogen-bond acceptors (Lipinski definition) is 4. The first-order valence-electron chi connectivity index (χ1n) is 6.56. The van der Waals surface area contributed by atoms with E-state index in [-0.39, 0.29) is 6.61 Å². The molecule has 1 aromatic rings. The molecule has 2 rings (SSSR count). The number of amides is 1. The van der Waals surface area contributed by atoms with E-state index in [0.717, 1.165) is 18.7 Å². The summed E-state index contributed by atoms with van der Waals surface area (Å²) in [5.41, 5.74) is 0.286. The molecule has 0 saturated carbocycles. The van der Waals surface area contributed by atoms with E-state index in [1.807, 2.05) is 30.3 Å². The second-order valence-electron chi connectivity index (χ2n) is 4.82. The average Bonchev–Trinajstić information content (AvgIpc) is 2.47. The van der Waals surface area contributed by atoms with Crippen molar-refractivity contribution in [2.45, 2.75) is 25.0 Å². The fourth-order valence-electron chi connectivity index (χ4n) is 2.18. The maximum Gasteiger partial charge on any atom is 0.408 e. The van der Waals surface area contributed by atoms with Gasteiger partial charge in [-0.05, 0) is 18.7 Å². The van der Waals surface area contributed by atoms with Gasteiger partial charge in [0, 0.05) is 19.4 Å². The van der Waals surface area contributed by atoms with Gasteiger partial charge in [-0.25, -0.2) is 4.79 Å². The van der Waals surface area contributed by atoms with Gasteiger partial charge >= 0.3 is 6.09 Å². The van der Waals surface area contributed by atoms with Crippen LogP contribution in [0.4, 0.5) is 4.79 Å². The first-order valence-corrected chi connectivity index (χ1v) is 6.56. The molecule has 0 unspecified atom stereocenters. The Kier molecular flexibility index (Phi) is 4.76. The molecule has 0 radical (unpaired) electrons. The third kappa shape index (κ3) is 3.94. The third-order valence-corrected chi connectivity index (χ3v) is 3.39. The number of ether oxygens (including phenoxy) is 1. The summed E-state index contributed by atoms with van der Waals surface area (Å²) < 4.78 is 5.41. The molecule has 1 aliphatic rings. The van der Waals surface area contributed by atoms with Gasteiger partial charge in [-0.15, -0.1) is 0 Å². The molecule has 0 aromatic heterocycles. The maximum atomic E-state index is 11.8. The summed E-state index contributed by atoms with van der Waals surface area (Å²) in [6.07, 6.45) is 0.810. The van der Waals surface area contributed by atoms with E-state index in [1.165, 1.54) is 0 Å². The van der Waals surface area contributed by atoms with Crippen LogP contribution >= 0.6 is 0 Å². The molecule has 19 heavy (non-hydrogen) atoms. The van der Waals surface area contributed by atoms with Crippen LogP contribution in [0.1, 0.15) is 18.4 Å². The van der Waals surface area contributed by atoms with Crippen molar-refractivity contribution in [3.05, 3.63) is 35.9 Å². The van der Waals surface area contributed by atoms with E-state index in [4.69, 9.17) is 4.74 Å². The second-order valence-corrected chi connectivity index (χ2v) is 4.82. The van der Waals surface area contributed by atoms with E-state index >= 15 is 0 Å². The van der Waals surface area contributed by atoms with Gasteiger partial charge in [0.15, 0.2) is 0 Å². The molecule has 0 aliphatic carbocycles. The predicted molar refractivity (Wildman–Crippen MR) is 71.7 cm³/mol. The van der Waals surface area contributed by atoms with Gasteiger partial charge in [0.25, 0.3) is 0 Å². The summed E-state index contributed by atoms with van der Waals surface area (Å²) in [7, 11) is 0. The number of piperidine rings is 1. The molecule has 5 nitrogen and oxygen atoms in total. The van der Waals surface area contributed by atoms with Crippen molar-refractivity contribution in [3.8, 4) is 0 Å². The topological polar surface area (TPSA) is 70.6 Å². The zero-order valence-corrected chi connectivity index (χ0v) is 10.9. The zero-order valence-electron chi connectivity index (χ0n) is 10.9. The van der Waals surface area contributed by atoms with Crippen LogP contribution in [-0.2, 0) is 11.3 Å². The van der Waals surface area contributed by atoms with E-state index in [9.17, 15) is 9.90 Å². The zero-order chi connectivity index (χ0) is 13.6. The number of carbonyl (C=O) groups is 1. The quantitative estimate of drug-likeness (QED) is 0.759. The summed E-state index contributed by atoms with van der Waals surface area (Å²) in [6.45, 7) is 1.81. The Morgan fingerprint density at radius 1 is 1.32 bits per heavy atom. The number of carbonyl (C=O) groups excluding carboxylic acids is 1. The number of hydrogen-bond donors (Lipinski definition) is 3. The summed E-state index contributed by atoms with van der Waals surface area (Å²) in [5.74, 6) is 0. The maximum absolute atomic E-state index is 11.8. The van der Waals surface area contributed by atoms with Crippen LogP contribution in [0.2, 0.25) is 0 Å². The van der Waals surface area contributed by atoms with Gasteiger partial charge < -0.3 is 20.5 Å². The smallest absolute Gasteiger partial charge is 0.408 e. The molecule has 1 aliphatic heterocycles. The van der Waals surface area contributed by atoms with Crippen molar-refractivity contribution in [1.29, 1.82) is 0 Å². The van der Waals surface area contributed by atoms with Crippen molar-refractivity contribution >= 4 is 6.09 Å². The summed E-state index contributed by atoms with van der Waals surface area (Å²) >= 11 is 0. The lowest BCUT2D eigenvalue weighted by molar-refractivity contribution is -0.0495. The Labute approximate surface area is 113 Å². The van der Waals surface area contributed by atoms with Gasteiger partial charge in [0.05, 0.1) is 6.61 Å². The van der Waals surface area contributed by atoms with Crippen molar-refractivity contribution < 1.29 is 14.6 Å². The van der Waals surface area contributed by atoms with Crippen LogP contribution in [0.15, 0.2) is 30.3 Å². The van der Waals surface area contributed by atoms with Gasteiger partial charge in [0.2, 0.25) is 0 Å². The van der Waals surface area contributed by atoms with Gasteiger partial charge in [-0.1, -0.05) is 30.3 Å². The van der Waals surface area contributed by atoms with Gasteiger partial charge in [-0.2, -0.15) is 0 Å². The van der Waals surface area contributed by atoms with Crippen molar-refractivity contribution in [3.63, 3.8) is 0 Å². The molecular formula is C14H20N2O3. The molecule has 1 aromatic carbocycles. The van der Waals surface area contributed by atoms with Crippen molar-refractivity contribution in [2.75, 3.05) is 19.7 Å². The van der Waals surface area contributed by atoms with Crippen molar-refractivity contribution in [1.82, 2.24) is 10.6 Å². The molecule has 104 valence electrons. The fraction of sp³-hybridized carbons (Fsp3) is 0.500. The van der Waals surface area contributed by atoms with E-state index < -0.39 is 11.7 Å². The molecule has 0 bridgehead atoms. The Morgan fingerprint density at radius 2 is 2.00 bits per heavy atom. The normalized spacial score (nSPS) is 17.7. The largest absolute Gasteiger partial charge is 0.440 e. The highest BCUT2D eigenvalue weighted by Gasteiger charge is 2.35. The lowest BCUT2D eigenvalue weighted by Gasteiger charge is -2.35. The summed E-state index contributed by atoms with van der Waals surface area (Å²) in [6, 6.07) is 9.64. The van der Waals surface area contributed by atoms with Crippen molar-refractivity contribution in [2.24, 2.45) is 0 Å². The van der Waals surface area contributed by atoms with E-state index in [1.54, 1.807) is 0 Å². The highest BCUT2D eigenvalue weighted by Crippen LogP contribution is 2.22. The molecule has 0 spiro atoms. The minimum absolute atomic E-state index is 0.132. The van der Waals surface area contributed by atoms with Gasteiger partial charge in [-0.3, -0.25) is 0 Å².